The van der Waals surface area contributed by atoms with E-state index in [0.717, 1.165) is 26.2 Å². The lowest BCUT2D eigenvalue weighted by Gasteiger charge is -2.42. The number of ether oxygens (including phenoxy) is 1. The molecule has 0 radical (unpaired) electrons. The van der Waals surface area contributed by atoms with E-state index in [9.17, 15) is 4.79 Å². The molecule has 0 aromatic heterocycles. The number of methoxy groups -OCH3 is 1. The zero-order valence-electron chi connectivity index (χ0n) is 12.4. The molecule has 3 fully saturated rings. The second kappa shape index (κ2) is 6.22. The van der Waals surface area contributed by atoms with Crippen LogP contribution >= 0.6 is 11.8 Å². The average Bonchev–Trinajstić information content (AvgIpc) is 3.08. The summed E-state index contributed by atoms with van der Waals surface area (Å²) in [4.78, 5) is 16.9. The first-order valence-electron chi connectivity index (χ1n) is 7.56. The van der Waals surface area contributed by atoms with E-state index < -0.39 is 0 Å². The number of thioether (sulfide) groups is 1. The van der Waals surface area contributed by atoms with E-state index in [1.807, 2.05) is 0 Å². The van der Waals surface area contributed by atoms with E-state index in [-0.39, 0.29) is 12.0 Å². The van der Waals surface area contributed by atoms with Crippen LogP contribution < -0.4 is 5.32 Å². The van der Waals surface area contributed by atoms with E-state index >= 15 is 0 Å². The number of fused-ring (bicyclic) bond motifs is 1. The highest BCUT2D eigenvalue weighted by Crippen LogP contribution is 2.31. The van der Waals surface area contributed by atoms with Crippen LogP contribution in [0.5, 0.6) is 0 Å². The van der Waals surface area contributed by atoms with Gasteiger partial charge in [0.05, 0.1) is 7.11 Å². The lowest BCUT2D eigenvalue weighted by molar-refractivity contribution is -0.149. The van der Waals surface area contributed by atoms with E-state index in [2.05, 4.69) is 33.9 Å². The number of piperidine rings is 1. The first-order valence-corrected chi connectivity index (χ1v) is 8.61. The van der Waals surface area contributed by atoms with Crippen molar-refractivity contribution in [3.8, 4) is 0 Å². The molecule has 3 aliphatic rings. The number of likely N-dealkylation sites (tertiary alicyclic amines) is 1. The Bertz CT molecular complexity index is 362. The molecule has 0 spiro atoms. The number of nitrogens with one attached hydrogen (secondary N) is 1. The summed E-state index contributed by atoms with van der Waals surface area (Å²) in [5, 5.41) is 4.21. The number of rotatable bonds is 3. The molecule has 0 saturated carbocycles. The van der Waals surface area contributed by atoms with Crippen LogP contribution in [0.1, 0.15) is 19.3 Å². The Morgan fingerprint density at radius 1 is 1.50 bits per heavy atom. The van der Waals surface area contributed by atoms with Gasteiger partial charge in [-0.1, -0.05) is 0 Å². The third-order valence-corrected chi connectivity index (χ3v) is 6.29. The highest BCUT2D eigenvalue weighted by Gasteiger charge is 2.44. The maximum Gasteiger partial charge on any atom is 0.323 e. The molecule has 3 rings (SSSR count). The Balaban J connectivity index is 1.70. The van der Waals surface area contributed by atoms with Crippen LogP contribution in [0.4, 0.5) is 0 Å². The Labute approximate surface area is 125 Å². The highest BCUT2D eigenvalue weighted by molar-refractivity contribution is 8.00. The quantitative estimate of drug-likeness (QED) is 0.759. The fraction of sp³-hybridized carbons (Fsp3) is 0.929. The van der Waals surface area contributed by atoms with E-state index in [0.29, 0.717) is 17.3 Å². The number of hydrogen-bond acceptors (Lipinski definition) is 6. The van der Waals surface area contributed by atoms with Gasteiger partial charge in [0, 0.05) is 37.1 Å². The van der Waals surface area contributed by atoms with Crippen LogP contribution in [0.15, 0.2) is 0 Å². The van der Waals surface area contributed by atoms with Gasteiger partial charge in [0.1, 0.15) is 6.04 Å². The molecule has 4 unspecified atom stereocenters. The largest absolute Gasteiger partial charge is 0.468 e. The molecular formula is C14H25N3O2S. The molecule has 4 atom stereocenters. The third kappa shape index (κ3) is 2.84. The summed E-state index contributed by atoms with van der Waals surface area (Å²) >= 11 is 2.06. The second-order valence-corrected chi connectivity index (χ2v) is 7.56. The van der Waals surface area contributed by atoms with Crippen LogP contribution in [0.25, 0.3) is 0 Å². The number of likely N-dealkylation sites (N-methyl/N-ethyl adjacent to an activating group) is 1. The Kier molecular flexibility index (Phi) is 4.55. The molecule has 0 amide bonds. The van der Waals surface area contributed by atoms with Gasteiger partial charge in [0.15, 0.2) is 0 Å². The molecule has 6 heteroatoms. The standard InChI is InChI=1S/C14H25N3O2S/c1-16-9-15-11-6-12(14(18)19-2)17(8-13(11)16)7-10-4-3-5-20-10/h10-13,15H,3-9H2,1-2H3. The van der Waals surface area contributed by atoms with Crippen molar-refractivity contribution in [1.29, 1.82) is 0 Å². The van der Waals surface area contributed by atoms with Gasteiger partial charge in [-0.3, -0.25) is 19.9 Å². The average molecular weight is 299 g/mol. The maximum absolute atomic E-state index is 12.1. The zero-order chi connectivity index (χ0) is 14.1. The number of carbonyl (C=O) groups excluding carboxylic acids is 1. The zero-order valence-corrected chi connectivity index (χ0v) is 13.2. The molecule has 3 heterocycles. The number of hydrogen-bond donors (Lipinski definition) is 1. The summed E-state index contributed by atoms with van der Waals surface area (Å²) in [7, 11) is 3.67. The van der Waals surface area contributed by atoms with Crippen molar-refractivity contribution in [2.24, 2.45) is 0 Å². The lowest BCUT2D eigenvalue weighted by atomic mass is 9.93. The molecule has 0 bridgehead atoms. The fourth-order valence-corrected chi connectivity index (χ4v) is 5.02. The first kappa shape index (κ1) is 14.6. The minimum atomic E-state index is -0.0681. The van der Waals surface area contributed by atoms with Crippen molar-refractivity contribution in [3.05, 3.63) is 0 Å². The first-order chi connectivity index (χ1) is 9.69. The minimum absolute atomic E-state index is 0.0669. The van der Waals surface area contributed by atoms with Gasteiger partial charge in [0.2, 0.25) is 0 Å². The molecule has 0 aromatic rings. The Hall–Kier alpha value is -0.300. The molecule has 5 nitrogen and oxygen atoms in total. The topological polar surface area (TPSA) is 44.8 Å². The SMILES string of the molecule is COC(=O)C1CC2NCN(C)C2CN1CC1CCCS1. The third-order valence-electron chi connectivity index (χ3n) is 4.91. The summed E-state index contributed by atoms with van der Waals surface area (Å²) < 4.78 is 5.03. The number of nitrogens with zero attached hydrogens (tertiary/aromatic N) is 2. The van der Waals surface area contributed by atoms with Crippen molar-refractivity contribution in [2.75, 3.05) is 39.7 Å². The van der Waals surface area contributed by atoms with Gasteiger partial charge in [-0.05, 0) is 32.1 Å². The van der Waals surface area contributed by atoms with Gasteiger partial charge < -0.3 is 4.74 Å². The molecule has 114 valence electrons. The predicted octanol–water partition coefficient (Wildman–Crippen LogP) is 0.359. The Morgan fingerprint density at radius 2 is 2.35 bits per heavy atom. The van der Waals surface area contributed by atoms with Gasteiger partial charge in [-0.15, -0.1) is 0 Å². The highest BCUT2D eigenvalue weighted by atomic mass is 32.2. The summed E-state index contributed by atoms with van der Waals surface area (Å²) in [6.07, 6.45) is 3.48. The molecular weight excluding hydrogens is 274 g/mol. The summed E-state index contributed by atoms with van der Waals surface area (Å²) in [6, 6.07) is 0.889. The van der Waals surface area contributed by atoms with Gasteiger partial charge in [-0.2, -0.15) is 11.8 Å². The molecule has 3 aliphatic heterocycles. The van der Waals surface area contributed by atoms with E-state index in [4.69, 9.17) is 4.74 Å². The van der Waals surface area contributed by atoms with Crippen LogP contribution in [-0.4, -0.2) is 78.8 Å². The minimum Gasteiger partial charge on any atom is -0.468 e. The summed E-state index contributed by atoms with van der Waals surface area (Å²) in [5.41, 5.74) is 0. The van der Waals surface area contributed by atoms with Crippen LogP contribution in [-0.2, 0) is 9.53 Å². The van der Waals surface area contributed by atoms with Crippen molar-refractivity contribution in [3.63, 3.8) is 0 Å². The fourth-order valence-electron chi connectivity index (χ4n) is 3.72. The van der Waals surface area contributed by atoms with Crippen molar-refractivity contribution >= 4 is 17.7 Å². The molecule has 1 N–H and O–H groups in total. The molecule has 20 heavy (non-hydrogen) atoms. The van der Waals surface area contributed by atoms with Crippen molar-refractivity contribution in [2.45, 2.75) is 42.6 Å². The van der Waals surface area contributed by atoms with Crippen molar-refractivity contribution < 1.29 is 9.53 Å². The molecule has 3 saturated heterocycles. The molecule has 0 aliphatic carbocycles. The summed E-state index contributed by atoms with van der Waals surface area (Å²) in [6.45, 7) is 2.93. The van der Waals surface area contributed by atoms with Gasteiger partial charge in [0.25, 0.3) is 0 Å². The van der Waals surface area contributed by atoms with Crippen LogP contribution in [0.3, 0.4) is 0 Å². The van der Waals surface area contributed by atoms with E-state index in [1.165, 1.54) is 25.7 Å². The lowest BCUT2D eigenvalue weighted by Crippen LogP contribution is -2.59. The predicted molar refractivity (Wildman–Crippen MR) is 80.8 cm³/mol. The second-order valence-electron chi connectivity index (χ2n) is 6.16. The monoisotopic (exact) mass is 299 g/mol. The smallest absolute Gasteiger partial charge is 0.323 e. The molecule has 0 aromatic carbocycles. The van der Waals surface area contributed by atoms with Crippen LogP contribution in [0, 0.1) is 0 Å². The maximum atomic E-state index is 12.1. The number of carbonyl (C=O) groups is 1. The Morgan fingerprint density at radius 3 is 3.05 bits per heavy atom. The normalized spacial score (nSPS) is 38.9. The summed E-state index contributed by atoms with van der Waals surface area (Å²) in [5.74, 6) is 1.21. The number of esters is 1. The van der Waals surface area contributed by atoms with Crippen molar-refractivity contribution in [1.82, 2.24) is 15.1 Å². The van der Waals surface area contributed by atoms with Gasteiger partial charge >= 0.3 is 5.97 Å². The van der Waals surface area contributed by atoms with Gasteiger partial charge in [-0.25, -0.2) is 0 Å². The van der Waals surface area contributed by atoms with Crippen LogP contribution in [0.2, 0.25) is 0 Å². The van der Waals surface area contributed by atoms with E-state index in [1.54, 1.807) is 0 Å².